The summed E-state index contributed by atoms with van der Waals surface area (Å²) in [6, 6.07) is 0. The summed E-state index contributed by atoms with van der Waals surface area (Å²) in [4.78, 5) is 2.20. The fourth-order valence-corrected chi connectivity index (χ4v) is 1.62. The van der Waals surface area contributed by atoms with Gasteiger partial charge in [-0.05, 0) is 26.4 Å². The maximum Gasteiger partial charge on any atom is 0.0184 e. The van der Waals surface area contributed by atoms with Gasteiger partial charge in [-0.3, -0.25) is 0 Å². The van der Waals surface area contributed by atoms with Crippen molar-refractivity contribution in [2.75, 3.05) is 20.6 Å². The van der Waals surface area contributed by atoms with Crippen molar-refractivity contribution in [3.63, 3.8) is 0 Å². The van der Waals surface area contributed by atoms with Gasteiger partial charge < -0.3 is 4.90 Å². The first-order valence-electron chi connectivity index (χ1n) is 4.50. The molecule has 0 radical (unpaired) electrons. The number of hydrogen-bond acceptors (Lipinski definition) is 1. The summed E-state index contributed by atoms with van der Waals surface area (Å²) in [6.07, 6.45) is 5.58. The van der Waals surface area contributed by atoms with E-state index in [-0.39, 0.29) is 0 Å². The SMILES string of the molecule is C=C(CC1CCC1)CN(C)C. The van der Waals surface area contributed by atoms with Crippen LogP contribution in [0.1, 0.15) is 25.7 Å². The van der Waals surface area contributed by atoms with Crippen LogP contribution in [0.4, 0.5) is 0 Å². The molecule has 0 aromatic rings. The number of likely N-dealkylation sites (N-methyl/N-ethyl adjacent to an activating group) is 1. The molecule has 1 aliphatic rings. The summed E-state index contributed by atoms with van der Waals surface area (Å²) < 4.78 is 0. The third kappa shape index (κ3) is 3.06. The molecule has 1 nitrogen and oxygen atoms in total. The third-order valence-corrected chi connectivity index (χ3v) is 2.34. The minimum Gasteiger partial charge on any atom is -0.305 e. The summed E-state index contributed by atoms with van der Waals surface area (Å²) in [5.41, 5.74) is 1.40. The predicted octanol–water partition coefficient (Wildman–Crippen LogP) is 2.29. The summed E-state index contributed by atoms with van der Waals surface area (Å²) in [5, 5.41) is 0. The molecule has 64 valence electrons. The Kier molecular flexibility index (Phi) is 3.13. The molecule has 0 heterocycles. The molecule has 1 aliphatic carbocycles. The van der Waals surface area contributed by atoms with E-state index in [4.69, 9.17) is 0 Å². The van der Waals surface area contributed by atoms with Gasteiger partial charge in [-0.15, -0.1) is 0 Å². The van der Waals surface area contributed by atoms with Gasteiger partial charge in [0.25, 0.3) is 0 Å². The van der Waals surface area contributed by atoms with Gasteiger partial charge in [-0.25, -0.2) is 0 Å². The van der Waals surface area contributed by atoms with Crippen LogP contribution in [0.3, 0.4) is 0 Å². The van der Waals surface area contributed by atoms with Crippen molar-refractivity contribution in [2.24, 2.45) is 5.92 Å². The van der Waals surface area contributed by atoms with E-state index in [0.29, 0.717) is 0 Å². The Balaban J connectivity index is 2.09. The number of nitrogens with zero attached hydrogens (tertiary/aromatic N) is 1. The molecular weight excluding hydrogens is 134 g/mol. The van der Waals surface area contributed by atoms with Gasteiger partial charge in [-0.1, -0.05) is 31.4 Å². The Morgan fingerprint density at radius 3 is 2.45 bits per heavy atom. The van der Waals surface area contributed by atoms with Crippen LogP contribution < -0.4 is 0 Å². The molecule has 0 atom stereocenters. The lowest BCUT2D eigenvalue weighted by molar-refractivity contribution is 0.305. The van der Waals surface area contributed by atoms with Crippen molar-refractivity contribution < 1.29 is 0 Å². The van der Waals surface area contributed by atoms with E-state index >= 15 is 0 Å². The van der Waals surface area contributed by atoms with Gasteiger partial charge in [0.15, 0.2) is 0 Å². The largest absolute Gasteiger partial charge is 0.305 e. The Morgan fingerprint density at radius 1 is 1.45 bits per heavy atom. The average Bonchev–Trinajstić information content (AvgIpc) is 1.77. The van der Waals surface area contributed by atoms with Crippen molar-refractivity contribution in [1.82, 2.24) is 4.90 Å². The zero-order valence-corrected chi connectivity index (χ0v) is 7.77. The van der Waals surface area contributed by atoms with Crippen LogP contribution in [0.5, 0.6) is 0 Å². The van der Waals surface area contributed by atoms with Crippen LogP contribution in [-0.2, 0) is 0 Å². The highest BCUT2D eigenvalue weighted by atomic mass is 15.0. The van der Waals surface area contributed by atoms with Crippen LogP contribution in [0, 0.1) is 5.92 Å². The summed E-state index contributed by atoms with van der Waals surface area (Å²) in [7, 11) is 4.21. The van der Waals surface area contributed by atoms with Crippen LogP contribution in [0.2, 0.25) is 0 Å². The second-order valence-electron chi connectivity index (χ2n) is 3.99. The molecule has 0 bridgehead atoms. The van der Waals surface area contributed by atoms with Crippen LogP contribution >= 0.6 is 0 Å². The Labute approximate surface area is 70.1 Å². The fraction of sp³-hybridized carbons (Fsp3) is 0.800. The van der Waals surface area contributed by atoms with E-state index in [1.165, 1.54) is 31.3 Å². The fourth-order valence-electron chi connectivity index (χ4n) is 1.62. The Hall–Kier alpha value is -0.300. The predicted molar refractivity (Wildman–Crippen MR) is 49.7 cm³/mol. The van der Waals surface area contributed by atoms with Crippen LogP contribution in [0.15, 0.2) is 12.2 Å². The van der Waals surface area contributed by atoms with Gasteiger partial charge in [0.2, 0.25) is 0 Å². The maximum atomic E-state index is 4.07. The van der Waals surface area contributed by atoms with Gasteiger partial charge in [0, 0.05) is 6.54 Å². The first-order chi connectivity index (χ1) is 5.18. The van der Waals surface area contributed by atoms with E-state index < -0.39 is 0 Å². The van der Waals surface area contributed by atoms with E-state index in [0.717, 1.165) is 12.5 Å². The van der Waals surface area contributed by atoms with Crippen molar-refractivity contribution >= 4 is 0 Å². The van der Waals surface area contributed by atoms with E-state index in [1.54, 1.807) is 0 Å². The highest BCUT2D eigenvalue weighted by molar-refractivity contribution is 4.99. The second kappa shape index (κ2) is 3.91. The molecule has 0 amide bonds. The minimum absolute atomic E-state index is 0.974. The normalized spacial score (nSPS) is 18.5. The first kappa shape index (κ1) is 8.79. The molecule has 0 aliphatic heterocycles. The smallest absolute Gasteiger partial charge is 0.0184 e. The van der Waals surface area contributed by atoms with Crippen molar-refractivity contribution in [3.05, 3.63) is 12.2 Å². The lowest BCUT2D eigenvalue weighted by atomic mass is 9.81. The zero-order valence-electron chi connectivity index (χ0n) is 7.77. The van der Waals surface area contributed by atoms with E-state index in [9.17, 15) is 0 Å². The monoisotopic (exact) mass is 153 g/mol. The molecule has 0 unspecified atom stereocenters. The molecule has 11 heavy (non-hydrogen) atoms. The molecule has 1 fully saturated rings. The molecule has 1 rings (SSSR count). The first-order valence-corrected chi connectivity index (χ1v) is 4.50. The molecule has 0 saturated heterocycles. The summed E-state index contributed by atoms with van der Waals surface area (Å²) >= 11 is 0. The molecular formula is C10H19N. The van der Waals surface area contributed by atoms with Gasteiger partial charge in [0.05, 0.1) is 0 Å². The second-order valence-corrected chi connectivity index (χ2v) is 3.99. The molecule has 0 aromatic heterocycles. The van der Waals surface area contributed by atoms with Gasteiger partial charge >= 0.3 is 0 Å². The van der Waals surface area contributed by atoms with Crippen LogP contribution in [-0.4, -0.2) is 25.5 Å². The van der Waals surface area contributed by atoms with Gasteiger partial charge in [0.1, 0.15) is 0 Å². The maximum absolute atomic E-state index is 4.07. The Bertz CT molecular complexity index is 134. The zero-order chi connectivity index (χ0) is 8.27. The van der Waals surface area contributed by atoms with E-state index in [1.807, 2.05) is 0 Å². The summed E-state index contributed by atoms with van der Waals surface area (Å²) in [6.45, 7) is 5.14. The molecule has 0 N–H and O–H groups in total. The van der Waals surface area contributed by atoms with Crippen molar-refractivity contribution in [2.45, 2.75) is 25.7 Å². The van der Waals surface area contributed by atoms with Crippen molar-refractivity contribution in [1.29, 1.82) is 0 Å². The van der Waals surface area contributed by atoms with E-state index in [2.05, 4.69) is 25.6 Å². The molecule has 0 spiro atoms. The standard InChI is InChI=1S/C10H19N/c1-9(8-11(2)3)7-10-5-4-6-10/h10H,1,4-8H2,2-3H3. The number of hydrogen-bond donors (Lipinski definition) is 0. The van der Waals surface area contributed by atoms with Gasteiger partial charge in [-0.2, -0.15) is 0 Å². The highest BCUT2D eigenvalue weighted by Crippen LogP contribution is 2.31. The minimum atomic E-state index is 0.974. The summed E-state index contributed by atoms with van der Waals surface area (Å²) in [5.74, 6) is 0.974. The highest BCUT2D eigenvalue weighted by Gasteiger charge is 2.17. The average molecular weight is 153 g/mol. The lowest BCUT2D eigenvalue weighted by Crippen LogP contribution is -2.18. The lowest BCUT2D eigenvalue weighted by Gasteiger charge is -2.26. The number of rotatable bonds is 4. The van der Waals surface area contributed by atoms with Crippen LogP contribution in [0.25, 0.3) is 0 Å². The molecule has 1 heteroatoms. The third-order valence-electron chi connectivity index (χ3n) is 2.34. The van der Waals surface area contributed by atoms with Crippen molar-refractivity contribution in [3.8, 4) is 0 Å². The Morgan fingerprint density at radius 2 is 2.09 bits per heavy atom. The quantitative estimate of drug-likeness (QED) is 0.560. The molecule has 0 aromatic carbocycles. The molecule has 1 saturated carbocycles. The topological polar surface area (TPSA) is 3.24 Å².